The molecule has 0 unspecified atom stereocenters. The van der Waals surface area contributed by atoms with E-state index in [0.717, 1.165) is 6.54 Å². The Kier molecular flexibility index (Phi) is 2.83. The summed E-state index contributed by atoms with van der Waals surface area (Å²) < 4.78 is 0. The number of aryl methyl sites for hydroxylation is 2. The van der Waals surface area contributed by atoms with Crippen molar-refractivity contribution in [3.63, 3.8) is 0 Å². The van der Waals surface area contributed by atoms with E-state index in [0.29, 0.717) is 5.54 Å². The van der Waals surface area contributed by atoms with Crippen LogP contribution in [0.1, 0.15) is 42.9 Å². The molecule has 15 heavy (non-hydrogen) atoms. The zero-order valence-corrected chi connectivity index (χ0v) is 10.1. The molecular weight excluding hydrogens is 182 g/mol. The van der Waals surface area contributed by atoms with Gasteiger partial charge in [0, 0.05) is 12.1 Å². The summed E-state index contributed by atoms with van der Waals surface area (Å²) >= 11 is 0. The summed E-state index contributed by atoms with van der Waals surface area (Å²) in [6.45, 7) is 7.76. The van der Waals surface area contributed by atoms with Gasteiger partial charge in [0.25, 0.3) is 0 Å². The Morgan fingerprint density at radius 3 is 2.27 bits per heavy atom. The number of hydrogen-bond acceptors (Lipinski definition) is 1. The summed E-state index contributed by atoms with van der Waals surface area (Å²) in [5, 5.41) is 3.69. The van der Waals surface area contributed by atoms with Gasteiger partial charge in [0.05, 0.1) is 0 Å². The zero-order valence-electron chi connectivity index (χ0n) is 10.1. The highest BCUT2D eigenvalue weighted by Crippen LogP contribution is 2.31. The van der Waals surface area contributed by atoms with Gasteiger partial charge in [-0.1, -0.05) is 18.2 Å². The highest BCUT2D eigenvalue weighted by molar-refractivity contribution is 5.33. The van der Waals surface area contributed by atoms with E-state index in [1.807, 2.05) is 0 Å². The summed E-state index contributed by atoms with van der Waals surface area (Å²) in [6, 6.07) is 6.54. The van der Waals surface area contributed by atoms with Crippen LogP contribution in [0.5, 0.6) is 0 Å². The van der Waals surface area contributed by atoms with Crippen LogP contribution in [0.2, 0.25) is 0 Å². The van der Waals surface area contributed by atoms with E-state index in [4.69, 9.17) is 0 Å². The van der Waals surface area contributed by atoms with Crippen molar-refractivity contribution in [2.24, 2.45) is 0 Å². The highest BCUT2D eigenvalue weighted by Gasteiger charge is 2.30. The van der Waals surface area contributed by atoms with Crippen LogP contribution < -0.4 is 5.32 Å². The molecule has 2 rings (SSSR count). The Hall–Kier alpha value is -0.820. The second kappa shape index (κ2) is 3.97. The van der Waals surface area contributed by atoms with Crippen molar-refractivity contribution in [3.05, 3.63) is 34.9 Å². The molecule has 0 aliphatic heterocycles. The first-order valence-electron chi connectivity index (χ1n) is 5.91. The predicted molar refractivity (Wildman–Crippen MR) is 65.0 cm³/mol. The summed E-state index contributed by atoms with van der Waals surface area (Å²) in [5.41, 5.74) is 4.70. The van der Waals surface area contributed by atoms with E-state index in [2.05, 4.69) is 44.3 Å². The van der Waals surface area contributed by atoms with Gasteiger partial charge in [-0.05, 0) is 56.7 Å². The molecule has 1 N–H and O–H groups in total. The van der Waals surface area contributed by atoms with Crippen molar-refractivity contribution < 1.29 is 0 Å². The molecule has 1 nitrogen and oxygen atoms in total. The van der Waals surface area contributed by atoms with Crippen LogP contribution in [0.4, 0.5) is 0 Å². The minimum absolute atomic E-state index is 0.411. The van der Waals surface area contributed by atoms with E-state index in [1.54, 1.807) is 0 Å². The number of hydrogen-bond donors (Lipinski definition) is 1. The topological polar surface area (TPSA) is 12.0 Å². The van der Waals surface area contributed by atoms with Crippen molar-refractivity contribution in [1.29, 1.82) is 0 Å². The van der Waals surface area contributed by atoms with Crippen molar-refractivity contribution in [2.75, 3.05) is 0 Å². The molecule has 1 saturated carbocycles. The second-order valence-corrected chi connectivity index (χ2v) is 5.14. The second-order valence-electron chi connectivity index (χ2n) is 5.14. The Balaban J connectivity index is 2.04. The van der Waals surface area contributed by atoms with E-state index in [1.165, 1.54) is 36.0 Å². The van der Waals surface area contributed by atoms with Gasteiger partial charge in [-0.25, -0.2) is 0 Å². The molecule has 82 valence electrons. The van der Waals surface area contributed by atoms with Crippen molar-refractivity contribution in [1.82, 2.24) is 5.32 Å². The molecule has 1 aromatic rings. The Bertz CT molecular complexity index is 330. The molecule has 0 amide bonds. The van der Waals surface area contributed by atoms with Crippen LogP contribution in [0.3, 0.4) is 0 Å². The minimum Gasteiger partial charge on any atom is -0.307 e. The molecule has 1 aliphatic rings. The molecule has 0 aromatic heterocycles. The van der Waals surface area contributed by atoms with E-state index in [-0.39, 0.29) is 0 Å². The SMILES string of the molecule is Cc1cccc(C)c1CNC1(C)CCC1. The molecule has 1 heteroatoms. The molecule has 0 atom stereocenters. The minimum atomic E-state index is 0.411. The van der Waals surface area contributed by atoms with E-state index < -0.39 is 0 Å². The third-order valence-electron chi connectivity index (χ3n) is 3.79. The van der Waals surface area contributed by atoms with Gasteiger partial charge in [-0.15, -0.1) is 0 Å². The molecule has 0 radical (unpaired) electrons. The first-order chi connectivity index (χ1) is 7.11. The maximum atomic E-state index is 3.69. The largest absolute Gasteiger partial charge is 0.307 e. The van der Waals surface area contributed by atoms with Gasteiger partial charge in [-0.3, -0.25) is 0 Å². The lowest BCUT2D eigenvalue weighted by Crippen LogP contribution is -2.47. The zero-order chi connectivity index (χ0) is 10.9. The van der Waals surface area contributed by atoms with Crippen LogP contribution >= 0.6 is 0 Å². The molecule has 1 fully saturated rings. The molecule has 1 aliphatic carbocycles. The standard InChI is InChI=1S/C14H21N/c1-11-6-4-7-12(2)13(11)10-15-14(3)8-5-9-14/h4,6-7,15H,5,8-10H2,1-3H3. The number of rotatable bonds is 3. The summed E-state index contributed by atoms with van der Waals surface area (Å²) in [4.78, 5) is 0. The maximum Gasteiger partial charge on any atom is 0.0215 e. The van der Waals surface area contributed by atoms with E-state index >= 15 is 0 Å². The van der Waals surface area contributed by atoms with Crippen LogP contribution in [0.25, 0.3) is 0 Å². The number of nitrogens with one attached hydrogen (secondary N) is 1. The van der Waals surface area contributed by atoms with Crippen LogP contribution in [0.15, 0.2) is 18.2 Å². The lowest BCUT2D eigenvalue weighted by atomic mass is 9.78. The summed E-state index contributed by atoms with van der Waals surface area (Å²) in [5.74, 6) is 0. The highest BCUT2D eigenvalue weighted by atomic mass is 15.0. The van der Waals surface area contributed by atoms with Gasteiger partial charge in [-0.2, -0.15) is 0 Å². The fourth-order valence-corrected chi connectivity index (χ4v) is 2.31. The van der Waals surface area contributed by atoms with Gasteiger partial charge in [0.1, 0.15) is 0 Å². The predicted octanol–water partition coefficient (Wildman–Crippen LogP) is 3.34. The Morgan fingerprint density at radius 1 is 1.20 bits per heavy atom. The molecular formula is C14H21N. The first kappa shape index (κ1) is 10.7. The maximum absolute atomic E-state index is 3.69. The average Bonchev–Trinajstić information content (AvgIpc) is 2.14. The average molecular weight is 203 g/mol. The van der Waals surface area contributed by atoms with Crippen LogP contribution in [-0.2, 0) is 6.54 Å². The summed E-state index contributed by atoms with van der Waals surface area (Å²) in [7, 11) is 0. The smallest absolute Gasteiger partial charge is 0.0215 e. The normalized spacial score (nSPS) is 18.6. The van der Waals surface area contributed by atoms with Gasteiger partial charge in [0.2, 0.25) is 0 Å². The van der Waals surface area contributed by atoms with Crippen LogP contribution in [-0.4, -0.2) is 5.54 Å². The Labute approximate surface area is 92.9 Å². The van der Waals surface area contributed by atoms with Crippen LogP contribution in [0, 0.1) is 13.8 Å². The number of benzene rings is 1. The van der Waals surface area contributed by atoms with Gasteiger partial charge >= 0.3 is 0 Å². The Morgan fingerprint density at radius 2 is 1.80 bits per heavy atom. The fraction of sp³-hybridized carbons (Fsp3) is 0.571. The third kappa shape index (κ3) is 2.23. The lowest BCUT2D eigenvalue weighted by Gasteiger charge is -2.39. The summed E-state index contributed by atoms with van der Waals surface area (Å²) in [6.07, 6.45) is 4.05. The van der Waals surface area contributed by atoms with Crippen molar-refractivity contribution in [2.45, 2.75) is 52.1 Å². The molecule has 1 aromatic carbocycles. The van der Waals surface area contributed by atoms with Gasteiger partial charge < -0.3 is 5.32 Å². The van der Waals surface area contributed by atoms with E-state index in [9.17, 15) is 0 Å². The fourth-order valence-electron chi connectivity index (χ4n) is 2.31. The van der Waals surface area contributed by atoms with Gasteiger partial charge in [0.15, 0.2) is 0 Å². The lowest BCUT2D eigenvalue weighted by molar-refractivity contribution is 0.206. The molecule has 0 heterocycles. The quantitative estimate of drug-likeness (QED) is 0.794. The molecule has 0 saturated heterocycles. The monoisotopic (exact) mass is 203 g/mol. The van der Waals surface area contributed by atoms with Crippen molar-refractivity contribution >= 4 is 0 Å². The molecule has 0 spiro atoms. The van der Waals surface area contributed by atoms with Crippen molar-refractivity contribution in [3.8, 4) is 0 Å². The third-order valence-corrected chi connectivity index (χ3v) is 3.79. The molecule has 0 bridgehead atoms. The first-order valence-corrected chi connectivity index (χ1v) is 5.91.